The van der Waals surface area contributed by atoms with Crippen molar-refractivity contribution in [3.05, 3.63) is 60.3 Å². The van der Waals surface area contributed by atoms with E-state index in [1.54, 1.807) is 0 Å². The molecule has 1 aromatic heterocycles. The number of aromatic nitrogens is 2. The van der Waals surface area contributed by atoms with Gasteiger partial charge in [0.2, 0.25) is 10.0 Å². The molecule has 0 radical (unpaired) electrons. The third kappa shape index (κ3) is 4.08. The molecule has 0 aliphatic heterocycles. The molecule has 0 bridgehead atoms. The first-order valence-corrected chi connectivity index (χ1v) is 8.90. The third-order valence-corrected chi connectivity index (χ3v) is 4.31. The monoisotopic (exact) mass is 356 g/mol. The summed E-state index contributed by atoms with van der Waals surface area (Å²) in [6.07, 6.45) is 0. The molecular formula is C16H16N6O2S. The van der Waals surface area contributed by atoms with Crippen LogP contribution >= 0.6 is 0 Å². The molecule has 3 aromatic rings. The number of aromatic amines is 1. The van der Waals surface area contributed by atoms with Crippen LogP contribution in [0.3, 0.4) is 0 Å². The lowest BCUT2D eigenvalue weighted by Crippen LogP contribution is -2.11. The van der Waals surface area contributed by atoms with E-state index < -0.39 is 10.0 Å². The van der Waals surface area contributed by atoms with Gasteiger partial charge in [0.1, 0.15) is 0 Å². The second kappa shape index (κ2) is 6.83. The number of aryl methyl sites for hydroxylation is 1. The number of hydrogen-bond acceptors (Lipinski definition) is 6. The summed E-state index contributed by atoms with van der Waals surface area (Å²) in [5, 5.41) is 23.6. The second-order valence-electron chi connectivity index (χ2n) is 5.28. The zero-order valence-corrected chi connectivity index (χ0v) is 14.2. The van der Waals surface area contributed by atoms with Gasteiger partial charge in [0.15, 0.2) is 11.5 Å². The van der Waals surface area contributed by atoms with Crippen molar-refractivity contribution in [2.75, 3.05) is 5.32 Å². The van der Waals surface area contributed by atoms with Gasteiger partial charge in [0.05, 0.1) is 16.3 Å². The topological polar surface area (TPSA) is 126 Å². The number of anilines is 2. The van der Waals surface area contributed by atoms with Crippen LogP contribution < -0.4 is 10.5 Å². The number of nitrogens with one attached hydrogen (secondary N) is 2. The zero-order chi connectivity index (χ0) is 17.9. The summed E-state index contributed by atoms with van der Waals surface area (Å²) in [7, 11) is -3.72. The number of benzene rings is 2. The van der Waals surface area contributed by atoms with Crippen molar-refractivity contribution < 1.29 is 8.42 Å². The maximum atomic E-state index is 11.3. The predicted molar refractivity (Wildman–Crippen MR) is 95.0 cm³/mol. The Balaban J connectivity index is 1.83. The lowest BCUT2D eigenvalue weighted by Gasteiger charge is -2.03. The van der Waals surface area contributed by atoms with E-state index in [0.29, 0.717) is 17.2 Å². The molecule has 0 saturated heterocycles. The number of nitrogens with zero attached hydrogens (tertiary/aromatic N) is 3. The van der Waals surface area contributed by atoms with E-state index >= 15 is 0 Å². The van der Waals surface area contributed by atoms with Crippen LogP contribution in [-0.4, -0.2) is 18.6 Å². The molecule has 0 saturated carbocycles. The second-order valence-corrected chi connectivity index (χ2v) is 6.84. The minimum Gasteiger partial charge on any atom is -0.337 e. The van der Waals surface area contributed by atoms with E-state index in [2.05, 4.69) is 25.7 Å². The van der Waals surface area contributed by atoms with E-state index in [-0.39, 0.29) is 4.90 Å². The molecule has 0 aliphatic carbocycles. The maximum absolute atomic E-state index is 11.3. The fraction of sp³-hybridized carbons (Fsp3) is 0.0625. The van der Waals surface area contributed by atoms with Gasteiger partial charge < -0.3 is 5.32 Å². The Bertz CT molecular complexity index is 995. The van der Waals surface area contributed by atoms with Crippen molar-refractivity contribution >= 4 is 32.9 Å². The van der Waals surface area contributed by atoms with Gasteiger partial charge in [0.25, 0.3) is 0 Å². The smallest absolute Gasteiger partial charge is 0.238 e. The van der Waals surface area contributed by atoms with Crippen molar-refractivity contribution in [2.45, 2.75) is 11.8 Å². The van der Waals surface area contributed by atoms with Crippen LogP contribution in [0.4, 0.5) is 22.9 Å². The van der Waals surface area contributed by atoms with Crippen molar-refractivity contribution in [3.63, 3.8) is 0 Å². The van der Waals surface area contributed by atoms with Crippen LogP contribution in [0.5, 0.6) is 0 Å². The number of nitrogens with two attached hydrogens (primary N) is 1. The quantitative estimate of drug-likeness (QED) is 0.605. The van der Waals surface area contributed by atoms with Crippen LogP contribution in [0, 0.1) is 6.92 Å². The average Bonchev–Trinajstić information content (AvgIpc) is 2.93. The van der Waals surface area contributed by atoms with Gasteiger partial charge >= 0.3 is 0 Å². The number of azo groups is 1. The summed E-state index contributed by atoms with van der Waals surface area (Å²) < 4.78 is 22.5. The van der Waals surface area contributed by atoms with Gasteiger partial charge in [-0.05, 0) is 43.3 Å². The number of H-pyrrole nitrogens is 1. The largest absolute Gasteiger partial charge is 0.337 e. The van der Waals surface area contributed by atoms with Gasteiger partial charge in [-0.1, -0.05) is 18.2 Å². The van der Waals surface area contributed by atoms with Crippen molar-refractivity contribution in [1.82, 2.24) is 10.2 Å². The predicted octanol–water partition coefficient (Wildman–Crippen LogP) is 3.52. The lowest BCUT2D eigenvalue weighted by atomic mass is 10.3. The van der Waals surface area contributed by atoms with E-state index in [1.807, 2.05) is 37.3 Å². The molecule has 128 valence electrons. The molecule has 0 unspecified atom stereocenters. The molecule has 25 heavy (non-hydrogen) atoms. The molecule has 8 nitrogen and oxygen atoms in total. The molecule has 0 atom stereocenters. The highest BCUT2D eigenvalue weighted by Crippen LogP contribution is 2.30. The molecular weight excluding hydrogens is 340 g/mol. The summed E-state index contributed by atoms with van der Waals surface area (Å²) in [4.78, 5) is 0.0253. The lowest BCUT2D eigenvalue weighted by molar-refractivity contribution is 0.598. The number of primary sulfonamides is 1. The Morgan fingerprint density at radius 1 is 1.04 bits per heavy atom. The summed E-state index contributed by atoms with van der Waals surface area (Å²) in [6, 6.07) is 15.4. The molecule has 0 amide bonds. The third-order valence-electron chi connectivity index (χ3n) is 3.38. The highest BCUT2D eigenvalue weighted by atomic mass is 32.2. The van der Waals surface area contributed by atoms with Crippen LogP contribution in [0.15, 0.2) is 69.7 Å². The Hall–Kier alpha value is -3.04. The first-order valence-electron chi connectivity index (χ1n) is 7.35. The van der Waals surface area contributed by atoms with Gasteiger partial charge in [-0.15, -0.1) is 5.11 Å². The normalized spacial score (nSPS) is 11.8. The summed E-state index contributed by atoms with van der Waals surface area (Å²) >= 11 is 0. The van der Waals surface area contributed by atoms with Crippen LogP contribution in [0.2, 0.25) is 0 Å². The van der Waals surface area contributed by atoms with Crippen molar-refractivity contribution in [3.8, 4) is 0 Å². The number of para-hydroxylation sites is 1. The van der Waals surface area contributed by atoms with Gasteiger partial charge in [-0.2, -0.15) is 10.2 Å². The highest BCUT2D eigenvalue weighted by Gasteiger charge is 2.10. The minimum atomic E-state index is -3.72. The molecule has 0 aliphatic rings. The van der Waals surface area contributed by atoms with Gasteiger partial charge in [0, 0.05) is 5.69 Å². The van der Waals surface area contributed by atoms with Gasteiger partial charge in [-0.25, -0.2) is 13.6 Å². The van der Waals surface area contributed by atoms with E-state index in [4.69, 9.17) is 5.14 Å². The van der Waals surface area contributed by atoms with Crippen LogP contribution in [-0.2, 0) is 10.0 Å². The van der Waals surface area contributed by atoms with Crippen molar-refractivity contribution in [2.24, 2.45) is 15.4 Å². The number of rotatable bonds is 5. The molecule has 3 rings (SSSR count). The van der Waals surface area contributed by atoms with E-state index in [0.717, 1.165) is 11.4 Å². The zero-order valence-electron chi connectivity index (χ0n) is 13.3. The fourth-order valence-electron chi connectivity index (χ4n) is 2.10. The Morgan fingerprint density at radius 2 is 1.72 bits per heavy atom. The highest BCUT2D eigenvalue weighted by molar-refractivity contribution is 7.89. The molecule has 1 heterocycles. The fourth-order valence-corrected chi connectivity index (χ4v) is 2.62. The molecule has 0 spiro atoms. The first-order chi connectivity index (χ1) is 11.9. The molecule has 2 aromatic carbocycles. The van der Waals surface area contributed by atoms with Crippen LogP contribution in [0.1, 0.15) is 5.69 Å². The standard InChI is InChI=1S/C16H16N6O2S/c1-11-15(16(22-19-11)18-12-5-3-2-4-6-12)21-20-13-7-9-14(10-8-13)25(17,23)24/h2-10H,1H3,(H2,17,23,24)(H2,18,19,22). The minimum absolute atomic E-state index is 0.0253. The van der Waals surface area contributed by atoms with Crippen LogP contribution in [0.25, 0.3) is 0 Å². The molecule has 9 heteroatoms. The summed E-state index contributed by atoms with van der Waals surface area (Å²) in [5.74, 6) is 0.550. The Kier molecular flexibility index (Phi) is 4.59. The van der Waals surface area contributed by atoms with Crippen molar-refractivity contribution in [1.29, 1.82) is 0 Å². The van der Waals surface area contributed by atoms with E-state index in [1.165, 1.54) is 24.3 Å². The Labute approximate surface area is 144 Å². The Morgan fingerprint density at radius 3 is 2.36 bits per heavy atom. The summed E-state index contributed by atoms with van der Waals surface area (Å²) in [5.41, 5.74) is 2.70. The summed E-state index contributed by atoms with van der Waals surface area (Å²) in [6.45, 7) is 1.83. The van der Waals surface area contributed by atoms with E-state index in [9.17, 15) is 8.42 Å². The SMILES string of the molecule is Cc1[nH]nc(Nc2ccccc2)c1N=Nc1ccc(S(N)(=O)=O)cc1. The first kappa shape index (κ1) is 16.8. The number of sulfonamides is 1. The molecule has 4 N–H and O–H groups in total. The van der Waals surface area contributed by atoms with Gasteiger partial charge in [-0.3, -0.25) is 5.10 Å². The maximum Gasteiger partial charge on any atom is 0.238 e. The molecule has 0 fully saturated rings. The number of hydrogen-bond donors (Lipinski definition) is 3. The average molecular weight is 356 g/mol.